The summed E-state index contributed by atoms with van der Waals surface area (Å²) in [7, 11) is 0. The van der Waals surface area contributed by atoms with Crippen molar-refractivity contribution >= 4 is 28.3 Å². The van der Waals surface area contributed by atoms with Crippen LogP contribution in [0, 0.1) is 5.82 Å². The highest BCUT2D eigenvalue weighted by Crippen LogP contribution is 2.32. The van der Waals surface area contributed by atoms with Gasteiger partial charge >= 0.3 is 11.7 Å². The van der Waals surface area contributed by atoms with Crippen LogP contribution in [0.3, 0.4) is 0 Å². The fourth-order valence-electron chi connectivity index (χ4n) is 3.79. The van der Waals surface area contributed by atoms with Gasteiger partial charge in [-0.1, -0.05) is 37.3 Å². The number of H-pyrrole nitrogens is 1. The Morgan fingerprint density at radius 3 is 2.58 bits per heavy atom. The Kier molecular flexibility index (Phi) is 6.11. The highest BCUT2D eigenvalue weighted by Gasteiger charge is 2.19. The maximum absolute atomic E-state index is 14.6. The first-order valence-corrected chi connectivity index (χ1v) is 12.0. The molecular formula is C26H21FN4O4S. The third-order valence-electron chi connectivity index (χ3n) is 5.65. The van der Waals surface area contributed by atoms with Gasteiger partial charge in [0, 0.05) is 17.0 Å². The minimum atomic E-state index is -1.42. The summed E-state index contributed by atoms with van der Waals surface area (Å²) in [5.41, 5.74) is 1.57. The zero-order valence-corrected chi connectivity index (χ0v) is 20.2. The number of carboxylic acids is 1. The van der Waals surface area contributed by atoms with Crippen molar-refractivity contribution in [2.45, 2.75) is 26.3 Å². The molecule has 0 unspecified atom stereocenters. The topological polar surface area (TPSA) is 110 Å². The molecule has 10 heteroatoms. The molecule has 8 nitrogen and oxygen atoms in total. The number of nitrogens with one attached hydrogen (secondary N) is 1. The molecule has 0 bridgehead atoms. The number of nitrogens with zero attached hydrogens (tertiary/aromatic N) is 3. The number of carbonyl (C=O) groups is 1. The molecule has 2 aromatic heterocycles. The van der Waals surface area contributed by atoms with E-state index in [1.165, 1.54) is 15.9 Å². The summed E-state index contributed by atoms with van der Waals surface area (Å²) in [6, 6.07) is 16.5. The summed E-state index contributed by atoms with van der Waals surface area (Å²) in [5, 5.41) is 19.6. The van der Waals surface area contributed by atoms with Gasteiger partial charge in [-0.05, 0) is 48.5 Å². The normalized spacial score (nSPS) is 11.3. The van der Waals surface area contributed by atoms with Crippen LogP contribution in [0.1, 0.15) is 40.7 Å². The van der Waals surface area contributed by atoms with Crippen LogP contribution in [0.15, 0.2) is 65.5 Å². The molecule has 0 spiro atoms. The van der Waals surface area contributed by atoms with Gasteiger partial charge in [0.25, 0.3) is 0 Å². The van der Waals surface area contributed by atoms with Gasteiger partial charge in [-0.3, -0.25) is 4.57 Å². The molecule has 36 heavy (non-hydrogen) atoms. The van der Waals surface area contributed by atoms with Crippen molar-refractivity contribution in [3.63, 3.8) is 0 Å². The number of aromatic amines is 1. The first-order valence-electron chi connectivity index (χ1n) is 11.1. The van der Waals surface area contributed by atoms with E-state index in [0.717, 1.165) is 27.7 Å². The number of fused-ring (bicyclic) bond motifs is 1. The van der Waals surface area contributed by atoms with E-state index < -0.39 is 17.3 Å². The van der Waals surface area contributed by atoms with E-state index in [1.807, 2.05) is 12.1 Å². The lowest BCUT2D eigenvalue weighted by Gasteiger charge is -2.14. The average molecular weight is 505 g/mol. The van der Waals surface area contributed by atoms with Gasteiger partial charge in [0.1, 0.15) is 27.3 Å². The summed E-state index contributed by atoms with van der Waals surface area (Å²) in [5.74, 6) is -1.49. The van der Waals surface area contributed by atoms with Gasteiger partial charge in [-0.15, -0.1) is 10.2 Å². The number of rotatable bonds is 7. The molecule has 0 amide bonds. The number of carboxylic acid groups (broad SMARTS) is 1. The quantitative estimate of drug-likeness (QED) is 0.296. The monoisotopic (exact) mass is 504 g/mol. The van der Waals surface area contributed by atoms with Gasteiger partial charge in [0.05, 0.1) is 23.1 Å². The van der Waals surface area contributed by atoms with Crippen LogP contribution in [0.4, 0.5) is 4.39 Å². The van der Waals surface area contributed by atoms with Gasteiger partial charge in [-0.25, -0.2) is 14.0 Å². The summed E-state index contributed by atoms with van der Waals surface area (Å²) < 4.78 is 22.1. The summed E-state index contributed by atoms with van der Waals surface area (Å²) in [6.45, 7) is 4.09. The molecule has 0 aliphatic carbocycles. The largest absolute Gasteiger partial charge is 0.478 e. The van der Waals surface area contributed by atoms with E-state index in [1.54, 1.807) is 36.4 Å². The fraction of sp³-hybridized carbons (Fsp3) is 0.154. The van der Waals surface area contributed by atoms with Gasteiger partial charge in [-0.2, -0.15) is 0 Å². The number of aromatic carboxylic acids is 1. The van der Waals surface area contributed by atoms with E-state index >= 15 is 0 Å². The molecule has 0 atom stereocenters. The van der Waals surface area contributed by atoms with Crippen molar-refractivity contribution in [1.82, 2.24) is 19.7 Å². The minimum absolute atomic E-state index is 0.0180. The van der Waals surface area contributed by atoms with Crippen LogP contribution in [0.25, 0.3) is 21.6 Å². The molecule has 3 aromatic carbocycles. The van der Waals surface area contributed by atoms with Crippen molar-refractivity contribution in [2.24, 2.45) is 0 Å². The Morgan fingerprint density at radius 1 is 1.14 bits per heavy atom. The van der Waals surface area contributed by atoms with Crippen LogP contribution >= 0.6 is 11.3 Å². The Labute approximate surface area is 208 Å². The number of ether oxygens (including phenoxy) is 1. The zero-order chi connectivity index (χ0) is 25.4. The lowest BCUT2D eigenvalue weighted by molar-refractivity contribution is 0.0691. The molecule has 5 rings (SSSR count). The predicted molar refractivity (Wildman–Crippen MR) is 135 cm³/mol. The second-order valence-corrected chi connectivity index (χ2v) is 9.51. The average Bonchev–Trinajstić information content (AvgIpc) is 3.46. The highest BCUT2D eigenvalue weighted by atomic mass is 32.1. The van der Waals surface area contributed by atoms with Crippen LogP contribution in [0.5, 0.6) is 11.5 Å². The zero-order valence-electron chi connectivity index (χ0n) is 19.4. The lowest BCUT2D eigenvalue weighted by Crippen LogP contribution is -2.18. The molecule has 2 heterocycles. The first kappa shape index (κ1) is 23.4. The number of benzene rings is 3. The molecule has 0 saturated heterocycles. The molecule has 2 N–H and O–H groups in total. The molecule has 0 fully saturated rings. The first-order chi connectivity index (χ1) is 17.3. The molecule has 5 aromatic rings. The maximum Gasteiger partial charge on any atom is 0.338 e. The summed E-state index contributed by atoms with van der Waals surface area (Å²) in [4.78, 5) is 26.9. The standard InChI is InChI=1S/C26H21FN4O4S/c1-14(2)23-29-30-24(36-23)15-7-9-17(10-8-15)35-22-12-18(25(32)33)19(27)11-16(22)13-31-21-6-4-3-5-20(21)28-26(31)34/h3-12,14H,13H2,1-2H3,(H,28,34)(H,32,33). The van der Waals surface area contributed by atoms with Crippen molar-refractivity contribution in [2.75, 3.05) is 0 Å². The lowest BCUT2D eigenvalue weighted by atomic mass is 10.1. The number of imidazole rings is 1. The summed E-state index contributed by atoms with van der Waals surface area (Å²) in [6.07, 6.45) is 0. The SMILES string of the molecule is CC(C)c1nnc(-c2ccc(Oc3cc(C(=O)O)c(F)cc3Cn3c(=O)[nH]c4ccccc43)cc2)s1. The van der Waals surface area contributed by atoms with E-state index in [9.17, 15) is 19.1 Å². The number of halogens is 1. The fourth-order valence-corrected chi connectivity index (χ4v) is 4.64. The third-order valence-corrected chi connectivity index (χ3v) is 6.93. The Bertz CT molecular complexity index is 1640. The predicted octanol–water partition coefficient (Wildman–Crippen LogP) is 5.65. The Hall–Kier alpha value is -4.31. The third kappa shape index (κ3) is 4.50. The molecule has 182 valence electrons. The van der Waals surface area contributed by atoms with Crippen LogP contribution in [-0.4, -0.2) is 30.8 Å². The van der Waals surface area contributed by atoms with E-state index in [-0.39, 0.29) is 23.9 Å². The number of para-hydroxylation sites is 2. The van der Waals surface area contributed by atoms with Crippen molar-refractivity contribution < 1.29 is 19.0 Å². The van der Waals surface area contributed by atoms with Crippen molar-refractivity contribution in [3.8, 4) is 22.1 Å². The summed E-state index contributed by atoms with van der Waals surface area (Å²) >= 11 is 1.51. The van der Waals surface area contributed by atoms with Gasteiger partial charge in [0.15, 0.2) is 0 Å². The second kappa shape index (κ2) is 9.38. The molecule has 0 aliphatic heterocycles. The molecule has 0 saturated carbocycles. The smallest absolute Gasteiger partial charge is 0.338 e. The van der Waals surface area contributed by atoms with Crippen molar-refractivity contribution in [3.05, 3.63) is 93.1 Å². The second-order valence-electron chi connectivity index (χ2n) is 8.50. The van der Waals surface area contributed by atoms with E-state index in [0.29, 0.717) is 22.3 Å². The number of aromatic nitrogens is 4. The minimum Gasteiger partial charge on any atom is -0.478 e. The van der Waals surface area contributed by atoms with E-state index in [2.05, 4.69) is 29.0 Å². The highest BCUT2D eigenvalue weighted by molar-refractivity contribution is 7.14. The number of hydrogen-bond donors (Lipinski definition) is 2. The number of hydrogen-bond acceptors (Lipinski definition) is 6. The van der Waals surface area contributed by atoms with Crippen molar-refractivity contribution in [1.29, 1.82) is 0 Å². The Morgan fingerprint density at radius 2 is 1.89 bits per heavy atom. The maximum atomic E-state index is 14.6. The molecule has 0 radical (unpaired) electrons. The van der Waals surface area contributed by atoms with E-state index in [4.69, 9.17) is 4.74 Å². The van der Waals surface area contributed by atoms with Crippen LogP contribution in [0.2, 0.25) is 0 Å². The molecular weight excluding hydrogens is 483 g/mol. The Balaban J connectivity index is 1.49. The molecule has 0 aliphatic rings. The van der Waals surface area contributed by atoms with Gasteiger partial charge in [0.2, 0.25) is 0 Å². The van der Waals surface area contributed by atoms with Gasteiger partial charge < -0.3 is 14.8 Å². The van der Waals surface area contributed by atoms with Crippen LogP contribution < -0.4 is 10.4 Å². The van der Waals surface area contributed by atoms with Crippen LogP contribution in [-0.2, 0) is 6.54 Å².